The van der Waals surface area contributed by atoms with Crippen molar-refractivity contribution in [1.29, 1.82) is 0 Å². The molecule has 0 aliphatic carbocycles. The van der Waals surface area contributed by atoms with Crippen molar-refractivity contribution in [1.82, 2.24) is 29.7 Å². The van der Waals surface area contributed by atoms with Gasteiger partial charge in [0.15, 0.2) is 0 Å². The second kappa shape index (κ2) is 12.5. The Bertz CT molecular complexity index is 1770. The fourth-order valence-corrected chi connectivity index (χ4v) is 5.80. The SMILES string of the molecule is CCC1CN(C(=O)Nc2cnc(OC3CCN(C)CC3)c(C(F)(F)F)c2)Cc2cc(Oc3ccnc4[nH]c(C(F)(F)F)cc34)cnc21. The molecule has 0 radical (unpaired) electrons. The highest BCUT2D eigenvalue weighted by molar-refractivity contribution is 5.89. The molecular weight excluding hydrogens is 632 g/mol. The van der Waals surface area contributed by atoms with Gasteiger partial charge in [-0.25, -0.2) is 14.8 Å². The van der Waals surface area contributed by atoms with E-state index in [2.05, 4.69) is 30.2 Å². The van der Waals surface area contributed by atoms with E-state index in [9.17, 15) is 31.1 Å². The molecule has 1 saturated heterocycles. The maximum absolute atomic E-state index is 14.0. The number of alkyl halides is 6. The van der Waals surface area contributed by atoms with Crippen LogP contribution in [-0.2, 0) is 18.9 Å². The topological polar surface area (TPSA) is 109 Å². The first-order chi connectivity index (χ1) is 22.3. The highest BCUT2D eigenvalue weighted by Gasteiger charge is 2.38. The smallest absolute Gasteiger partial charge is 0.431 e. The van der Waals surface area contributed by atoms with Crippen molar-refractivity contribution >= 4 is 22.8 Å². The molecule has 2 amide bonds. The molecular formula is C31H31F6N7O3. The third-order valence-corrected chi connectivity index (χ3v) is 8.32. The van der Waals surface area contributed by atoms with Gasteiger partial charge in [0.05, 0.1) is 29.2 Å². The largest absolute Gasteiger partial charge is 0.474 e. The molecule has 0 saturated carbocycles. The number of anilines is 1. The third kappa shape index (κ3) is 7.06. The minimum Gasteiger partial charge on any atom is -0.474 e. The molecule has 2 aliphatic heterocycles. The molecule has 1 fully saturated rings. The summed E-state index contributed by atoms with van der Waals surface area (Å²) in [5.74, 6) is -0.360. The van der Waals surface area contributed by atoms with Crippen LogP contribution in [0.3, 0.4) is 0 Å². The van der Waals surface area contributed by atoms with E-state index in [0.717, 1.165) is 24.0 Å². The summed E-state index contributed by atoms with van der Waals surface area (Å²) in [6.07, 6.45) is -4.09. The number of likely N-dealkylation sites (tertiary alicyclic amines) is 1. The fourth-order valence-electron chi connectivity index (χ4n) is 5.80. The van der Waals surface area contributed by atoms with E-state index in [1.165, 1.54) is 23.4 Å². The van der Waals surface area contributed by atoms with Crippen molar-refractivity contribution in [2.24, 2.45) is 0 Å². The Morgan fingerprint density at radius 3 is 2.51 bits per heavy atom. The second-order valence-corrected chi connectivity index (χ2v) is 11.7. The summed E-state index contributed by atoms with van der Waals surface area (Å²) in [7, 11) is 1.93. The van der Waals surface area contributed by atoms with Crippen molar-refractivity contribution in [2.75, 3.05) is 32.0 Å². The van der Waals surface area contributed by atoms with Crippen LogP contribution in [0.5, 0.6) is 17.4 Å². The molecule has 6 heterocycles. The lowest BCUT2D eigenvalue weighted by Gasteiger charge is -2.33. The van der Waals surface area contributed by atoms with E-state index >= 15 is 0 Å². The van der Waals surface area contributed by atoms with E-state index < -0.39 is 41.6 Å². The molecule has 6 rings (SSSR count). The van der Waals surface area contributed by atoms with Gasteiger partial charge >= 0.3 is 18.4 Å². The molecule has 0 aromatic carbocycles. The van der Waals surface area contributed by atoms with Crippen LogP contribution in [0, 0.1) is 0 Å². The van der Waals surface area contributed by atoms with Gasteiger partial charge in [-0.05, 0) is 56.1 Å². The number of aromatic nitrogens is 4. The summed E-state index contributed by atoms with van der Waals surface area (Å²) in [6.45, 7) is 3.64. The van der Waals surface area contributed by atoms with Gasteiger partial charge in [0.2, 0.25) is 5.88 Å². The quantitative estimate of drug-likeness (QED) is 0.210. The lowest BCUT2D eigenvalue weighted by Crippen LogP contribution is -2.41. The average Bonchev–Trinajstić information content (AvgIpc) is 3.48. The van der Waals surface area contributed by atoms with Crippen LogP contribution in [0.25, 0.3) is 11.0 Å². The van der Waals surface area contributed by atoms with Crippen LogP contribution in [-0.4, -0.2) is 68.6 Å². The zero-order valence-corrected chi connectivity index (χ0v) is 25.4. The Hall–Kier alpha value is -4.60. The number of hydrogen-bond donors (Lipinski definition) is 2. The molecule has 1 unspecified atom stereocenters. The summed E-state index contributed by atoms with van der Waals surface area (Å²) in [6, 6.07) is 4.17. The summed E-state index contributed by atoms with van der Waals surface area (Å²) >= 11 is 0. The Labute approximate surface area is 265 Å². The molecule has 47 heavy (non-hydrogen) atoms. The predicted octanol–water partition coefficient (Wildman–Crippen LogP) is 7.20. The van der Waals surface area contributed by atoms with E-state index in [4.69, 9.17) is 9.47 Å². The Morgan fingerprint density at radius 1 is 1.04 bits per heavy atom. The second-order valence-electron chi connectivity index (χ2n) is 11.7. The van der Waals surface area contributed by atoms with E-state index in [1.807, 2.05) is 14.0 Å². The number of H-pyrrole nitrogens is 1. The molecule has 4 aromatic heterocycles. The Morgan fingerprint density at radius 2 is 1.81 bits per heavy atom. The standard InChI is InChI=1S/C31H31F6N7O3/c1-3-17-15-44(29(45)41-19-11-23(30(32,33)34)28(40-13-19)47-20-5-8-43(2)9-6-20)16-18-10-21(14-39-26(17)18)46-24-4-7-38-27-22(24)12-25(42-27)31(35,36)37/h4,7,10-14,17,20H,3,5-6,8-9,15-16H2,1-2H3,(H,38,42)(H,41,45). The normalized spacial score (nSPS) is 17.9. The first kappa shape index (κ1) is 32.3. The van der Waals surface area contributed by atoms with Gasteiger partial charge in [0.1, 0.15) is 34.5 Å². The van der Waals surface area contributed by atoms with Crippen molar-refractivity contribution < 1.29 is 40.6 Å². The Balaban J connectivity index is 1.19. The number of rotatable bonds is 6. The molecule has 4 aromatic rings. The summed E-state index contributed by atoms with van der Waals surface area (Å²) in [4.78, 5) is 31.5. The van der Waals surface area contributed by atoms with Gasteiger partial charge in [0.25, 0.3) is 0 Å². The van der Waals surface area contributed by atoms with Crippen molar-refractivity contribution in [2.45, 2.75) is 57.1 Å². The number of nitrogens with zero attached hydrogens (tertiary/aromatic N) is 5. The number of halogens is 6. The minimum atomic E-state index is -4.76. The number of ether oxygens (including phenoxy) is 2. The van der Waals surface area contributed by atoms with Crippen LogP contribution < -0.4 is 14.8 Å². The lowest BCUT2D eigenvalue weighted by molar-refractivity contribution is -0.141. The van der Waals surface area contributed by atoms with Crippen LogP contribution in [0.1, 0.15) is 54.6 Å². The minimum absolute atomic E-state index is 0.000719. The molecule has 0 spiro atoms. The molecule has 1 atom stereocenters. The summed E-state index contributed by atoms with van der Waals surface area (Å²) in [5.41, 5.74) is -0.837. The number of amides is 2. The zero-order valence-electron chi connectivity index (χ0n) is 25.4. The highest BCUT2D eigenvalue weighted by atomic mass is 19.4. The van der Waals surface area contributed by atoms with Crippen LogP contribution >= 0.6 is 0 Å². The predicted molar refractivity (Wildman–Crippen MR) is 158 cm³/mol. The van der Waals surface area contributed by atoms with Crippen molar-refractivity contribution in [3.63, 3.8) is 0 Å². The van der Waals surface area contributed by atoms with Gasteiger partial charge in [-0.3, -0.25) is 4.98 Å². The number of pyridine rings is 3. The lowest BCUT2D eigenvalue weighted by atomic mass is 9.92. The Kier molecular flexibility index (Phi) is 8.63. The third-order valence-electron chi connectivity index (χ3n) is 8.32. The van der Waals surface area contributed by atoms with Crippen LogP contribution in [0.15, 0.2) is 42.9 Å². The maximum Gasteiger partial charge on any atom is 0.431 e. The number of nitrogens with one attached hydrogen (secondary N) is 2. The van der Waals surface area contributed by atoms with Crippen LogP contribution in [0.2, 0.25) is 0 Å². The summed E-state index contributed by atoms with van der Waals surface area (Å²) in [5, 5.41) is 2.66. The molecule has 2 N–H and O–H groups in total. The molecule has 16 heteroatoms. The van der Waals surface area contributed by atoms with Crippen LogP contribution in [0.4, 0.5) is 36.8 Å². The number of carbonyl (C=O) groups is 1. The first-order valence-corrected chi connectivity index (χ1v) is 15.0. The fraction of sp³-hybridized carbons (Fsp3) is 0.419. The van der Waals surface area contributed by atoms with Crippen molar-refractivity contribution in [3.05, 3.63) is 65.4 Å². The number of carbonyl (C=O) groups excluding carboxylic acids is 1. The number of aromatic amines is 1. The monoisotopic (exact) mass is 663 g/mol. The first-order valence-electron chi connectivity index (χ1n) is 15.0. The molecule has 0 bridgehead atoms. The molecule has 2 aliphatic rings. The number of hydrogen-bond acceptors (Lipinski definition) is 7. The van der Waals surface area contributed by atoms with Gasteiger partial charge in [-0.15, -0.1) is 0 Å². The number of piperidine rings is 1. The molecule has 10 nitrogen and oxygen atoms in total. The number of urea groups is 1. The molecule has 250 valence electrons. The van der Waals surface area contributed by atoms with Gasteiger partial charge < -0.3 is 29.6 Å². The van der Waals surface area contributed by atoms with E-state index in [-0.39, 0.29) is 47.2 Å². The maximum atomic E-state index is 14.0. The van der Waals surface area contributed by atoms with Gasteiger partial charge in [-0.2, -0.15) is 26.3 Å². The zero-order chi connectivity index (χ0) is 33.5. The van der Waals surface area contributed by atoms with Gasteiger partial charge in [0, 0.05) is 38.3 Å². The van der Waals surface area contributed by atoms with E-state index in [1.54, 1.807) is 6.07 Å². The van der Waals surface area contributed by atoms with Gasteiger partial charge in [-0.1, -0.05) is 6.92 Å². The summed E-state index contributed by atoms with van der Waals surface area (Å²) < 4.78 is 93.4. The van der Waals surface area contributed by atoms with E-state index in [0.29, 0.717) is 37.9 Å². The van der Waals surface area contributed by atoms with Crippen molar-refractivity contribution in [3.8, 4) is 17.4 Å². The number of fused-ring (bicyclic) bond motifs is 2. The highest BCUT2D eigenvalue weighted by Crippen LogP contribution is 2.39. The average molecular weight is 664 g/mol.